The minimum absolute atomic E-state index is 0.0415. The van der Waals surface area contributed by atoms with Crippen molar-refractivity contribution in [3.8, 4) is 0 Å². The lowest BCUT2D eigenvalue weighted by molar-refractivity contribution is -0.123. The van der Waals surface area contributed by atoms with E-state index in [0.29, 0.717) is 19.1 Å². The van der Waals surface area contributed by atoms with Crippen molar-refractivity contribution in [1.29, 1.82) is 0 Å². The summed E-state index contributed by atoms with van der Waals surface area (Å²) < 4.78 is 4.93. The highest BCUT2D eigenvalue weighted by molar-refractivity contribution is 5.81. The lowest BCUT2D eigenvalue weighted by Gasteiger charge is -2.20. The van der Waals surface area contributed by atoms with Gasteiger partial charge in [0.15, 0.2) is 0 Å². The van der Waals surface area contributed by atoms with Crippen LogP contribution in [0.1, 0.15) is 27.2 Å². The molecule has 0 aromatic heterocycles. The summed E-state index contributed by atoms with van der Waals surface area (Å²) in [5.41, 5.74) is 0. The van der Waals surface area contributed by atoms with Crippen molar-refractivity contribution in [2.45, 2.75) is 39.3 Å². The molecule has 3 N–H and O–H groups in total. The minimum atomic E-state index is -0.325. The molecule has 0 aromatic rings. The maximum atomic E-state index is 11.7. The lowest BCUT2D eigenvalue weighted by Crippen LogP contribution is -2.49. The number of hydrogen-bond acceptors (Lipinski definition) is 4. The lowest BCUT2D eigenvalue weighted by atomic mass is 10.1. The Balaban J connectivity index is 3.86. The Hall–Kier alpha value is -0.650. The fraction of sp³-hybridized carbons (Fsp3) is 0.917. The van der Waals surface area contributed by atoms with Crippen LogP contribution in [-0.2, 0) is 9.53 Å². The largest absolute Gasteiger partial charge is 0.395 e. The zero-order valence-corrected chi connectivity index (χ0v) is 11.3. The van der Waals surface area contributed by atoms with Crippen LogP contribution < -0.4 is 10.6 Å². The van der Waals surface area contributed by atoms with Crippen LogP contribution in [0.15, 0.2) is 0 Å². The second-order valence-electron chi connectivity index (χ2n) is 4.70. The van der Waals surface area contributed by atoms with E-state index in [4.69, 9.17) is 9.84 Å². The summed E-state index contributed by atoms with van der Waals surface area (Å²) >= 11 is 0. The number of aliphatic hydroxyl groups excluding tert-OH is 1. The molecule has 102 valence electrons. The first kappa shape index (κ1) is 16.4. The third-order valence-corrected chi connectivity index (χ3v) is 2.49. The number of nitrogens with one attached hydrogen (secondary N) is 2. The third-order valence-electron chi connectivity index (χ3n) is 2.49. The Morgan fingerprint density at radius 1 is 1.35 bits per heavy atom. The van der Waals surface area contributed by atoms with Crippen molar-refractivity contribution in [2.24, 2.45) is 5.92 Å². The maximum Gasteiger partial charge on any atom is 0.236 e. The van der Waals surface area contributed by atoms with E-state index in [1.165, 1.54) is 0 Å². The minimum Gasteiger partial charge on any atom is -0.395 e. The molecule has 0 rings (SSSR count). The predicted octanol–water partition coefficient (Wildman–Crippen LogP) is 0.134. The summed E-state index contributed by atoms with van der Waals surface area (Å²) in [6.45, 7) is 7.06. The van der Waals surface area contributed by atoms with Gasteiger partial charge in [-0.2, -0.15) is 0 Å². The molecule has 5 nitrogen and oxygen atoms in total. The Morgan fingerprint density at radius 3 is 2.47 bits per heavy atom. The topological polar surface area (TPSA) is 70.6 Å². The normalized spacial score (nSPS) is 14.7. The molecule has 0 saturated heterocycles. The first-order valence-electron chi connectivity index (χ1n) is 6.14. The second-order valence-corrected chi connectivity index (χ2v) is 4.70. The number of rotatable bonds is 9. The van der Waals surface area contributed by atoms with Crippen molar-refractivity contribution in [3.63, 3.8) is 0 Å². The van der Waals surface area contributed by atoms with E-state index in [2.05, 4.69) is 24.5 Å². The summed E-state index contributed by atoms with van der Waals surface area (Å²) in [7, 11) is 1.57. The van der Waals surface area contributed by atoms with E-state index in [-0.39, 0.29) is 24.6 Å². The number of aliphatic hydroxyl groups is 1. The van der Waals surface area contributed by atoms with E-state index >= 15 is 0 Å². The van der Waals surface area contributed by atoms with Crippen LogP contribution in [0.2, 0.25) is 0 Å². The van der Waals surface area contributed by atoms with Gasteiger partial charge in [0.2, 0.25) is 5.91 Å². The van der Waals surface area contributed by atoms with Gasteiger partial charge in [0, 0.05) is 13.7 Å². The Bertz CT molecular complexity index is 210. The number of carbonyl (C=O) groups is 1. The third kappa shape index (κ3) is 8.12. The fourth-order valence-corrected chi connectivity index (χ4v) is 1.42. The van der Waals surface area contributed by atoms with Crippen LogP contribution in [0.25, 0.3) is 0 Å². The highest BCUT2D eigenvalue weighted by Crippen LogP contribution is 1.97. The van der Waals surface area contributed by atoms with Crippen LogP contribution in [0.5, 0.6) is 0 Å². The maximum absolute atomic E-state index is 11.7. The molecule has 0 heterocycles. The molecule has 0 spiro atoms. The number of carbonyl (C=O) groups excluding carboxylic acids is 1. The SMILES string of the molecule is COCC(CO)NC(C)C(=O)NCCC(C)C. The van der Waals surface area contributed by atoms with E-state index in [9.17, 15) is 4.79 Å². The molecule has 0 aliphatic carbocycles. The van der Waals surface area contributed by atoms with Gasteiger partial charge in [0.05, 0.1) is 25.3 Å². The van der Waals surface area contributed by atoms with E-state index in [1.54, 1.807) is 14.0 Å². The highest BCUT2D eigenvalue weighted by Gasteiger charge is 2.16. The van der Waals surface area contributed by atoms with Crippen LogP contribution in [-0.4, -0.2) is 50.0 Å². The van der Waals surface area contributed by atoms with Gasteiger partial charge in [-0.05, 0) is 19.3 Å². The van der Waals surface area contributed by atoms with Gasteiger partial charge in [-0.15, -0.1) is 0 Å². The van der Waals surface area contributed by atoms with E-state index < -0.39 is 0 Å². The van der Waals surface area contributed by atoms with Gasteiger partial charge < -0.3 is 15.2 Å². The van der Waals surface area contributed by atoms with Gasteiger partial charge >= 0.3 is 0 Å². The molecule has 0 saturated carbocycles. The van der Waals surface area contributed by atoms with Crippen LogP contribution in [0.4, 0.5) is 0 Å². The summed E-state index contributed by atoms with van der Waals surface area (Å²) in [4.78, 5) is 11.7. The zero-order valence-electron chi connectivity index (χ0n) is 11.3. The first-order chi connectivity index (χ1) is 8.01. The average Bonchev–Trinajstić information content (AvgIpc) is 2.27. The monoisotopic (exact) mass is 246 g/mol. The summed E-state index contributed by atoms with van der Waals surface area (Å²) in [5, 5.41) is 14.9. The number of amides is 1. The van der Waals surface area contributed by atoms with E-state index in [1.807, 2.05) is 0 Å². The quantitative estimate of drug-likeness (QED) is 0.541. The zero-order chi connectivity index (χ0) is 13.3. The van der Waals surface area contributed by atoms with Gasteiger partial charge in [-0.25, -0.2) is 0 Å². The number of hydrogen-bond donors (Lipinski definition) is 3. The molecule has 2 atom stereocenters. The summed E-state index contributed by atoms with van der Waals surface area (Å²) in [5.74, 6) is 0.539. The number of methoxy groups -OCH3 is 1. The molecular weight excluding hydrogens is 220 g/mol. The smallest absolute Gasteiger partial charge is 0.236 e. The average molecular weight is 246 g/mol. The van der Waals surface area contributed by atoms with Gasteiger partial charge in [-0.1, -0.05) is 13.8 Å². The summed E-state index contributed by atoms with van der Waals surface area (Å²) in [6, 6.07) is -0.527. The van der Waals surface area contributed by atoms with Crippen molar-refractivity contribution >= 4 is 5.91 Å². The molecule has 0 bridgehead atoms. The molecule has 0 fully saturated rings. The Morgan fingerprint density at radius 2 is 2.00 bits per heavy atom. The van der Waals surface area contributed by atoms with Gasteiger partial charge in [0.1, 0.15) is 0 Å². The standard InChI is InChI=1S/C12H26N2O3/c1-9(2)5-6-13-12(16)10(3)14-11(7-15)8-17-4/h9-11,14-15H,5-8H2,1-4H3,(H,13,16). The van der Waals surface area contributed by atoms with Crippen LogP contribution >= 0.6 is 0 Å². The van der Waals surface area contributed by atoms with Crippen molar-refractivity contribution in [2.75, 3.05) is 26.9 Å². The fourth-order valence-electron chi connectivity index (χ4n) is 1.42. The summed E-state index contributed by atoms with van der Waals surface area (Å²) in [6.07, 6.45) is 0.972. The molecule has 0 aliphatic rings. The van der Waals surface area contributed by atoms with Crippen molar-refractivity contribution in [3.05, 3.63) is 0 Å². The molecule has 2 unspecified atom stereocenters. The van der Waals surface area contributed by atoms with E-state index in [0.717, 1.165) is 6.42 Å². The molecule has 0 aliphatic heterocycles. The number of ether oxygens (including phenoxy) is 1. The molecule has 1 amide bonds. The molecular formula is C12H26N2O3. The van der Waals surface area contributed by atoms with Gasteiger partial charge in [-0.3, -0.25) is 10.1 Å². The van der Waals surface area contributed by atoms with Gasteiger partial charge in [0.25, 0.3) is 0 Å². The Kier molecular flexibility index (Phi) is 9.03. The van der Waals surface area contributed by atoms with Crippen molar-refractivity contribution in [1.82, 2.24) is 10.6 Å². The second kappa shape index (κ2) is 9.39. The molecule has 5 heteroatoms. The molecule has 17 heavy (non-hydrogen) atoms. The highest BCUT2D eigenvalue weighted by atomic mass is 16.5. The van der Waals surface area contributed by atoms with Crippen molar-refractivity contribution < 1.29 is 14.6 Å². The predicted molar refractivity (Wildman–Crippen MR) is 67.8 cm³/mol. The molecule has 0 radical (unpaired) electrons. The van der Waals surface area contributed by atoms with Crippen LogP contribution in [0, 0.1) is 5.92 Å². The Labute approximate surface area is 104 Å². The van der Waals surface area contributed by atoms with Crippen LogP contribution in [0.3, 0.4) is 0 Å². The first-order valence-corrected chi connectivity index (χ1v) is 6.14. The molecule has 0 aromatic carbocycles.